The Hall–Kier alpha value is -2.50. The van der Waals surface area contributed by atoms with Gasteiger partial charge in [-0.2, -0.15) is 0 Å². The van der Waals surface area contributed by atoms with E-state index in [9.17, 15) is 21.6 Å². The smallest absolute Gasteiger partial charge is 0.261 e. The number of carbonyl (C=O) groups is 1. The Labute approximate surface area is 225 Å². The fourth-order valence-electron chi connectivity index (χ4n) is 3.26. The summed E-state index contributed by atoms with van der Waals surface area (Å²) >= 11 is 18.0. The minimum Gasteiger partial charge on any atom is -0.325 e. The number of rotatable bonds is 8. The number of aryl methyl sites for hydroxylation is 2. The lowest BCUT2D eigenvalue weighted by molar-refractivity contribution is -0.114. The molecule has 0 spiro atoms. The fourth-order valence-corrected chi connectivity index (χ4v) is 5.95. The first-order valence-electron chi connectivity index (χ1n) is 10.3. The van der Waals surface area contributed by atoms with Crippen LogP contribution in [0.25, 0.3) is 0 Å². The molecular formula is C23H22Cl3N3O5S2. The van der Waals surface area contributed by atoms with Gasteiger partial charge in [-0.1, -0.05) is 52.5 Å². The quantitative estimate of drug-likeness (QED) is 0.338. The average molecular weight is 591 g/mol. The zero-order valence-corrected chi connectivity index (χ0v) is 23.2. The highest BCUT2D eigenvalue weighted by atomic mass is 35.5. The van der Waals surface area contributed by atoms with E-state index in [1.165, 1.54) is 36.4 Å². The number of carbonyl (C=O) groups excluding carboxylic acids is 1. The van der Waals surface area contributed by atoms with Crippen LogP contribution in [0.15, 0.2) is 59.5 Å². The third kappa shape index (κ3) is 6.83. The highest BCUT2D eigenvalue weighted by molar-refractivity contribution is 7.92. The molecule has 0 bridgehead atoms. The molecule has 36 heavy (non-hydrogen) atoms. The molecule has 0 radical (unpaired) electrons. The zero-order valence-electron chi connectivity index (χ0n) is 19.3. The van der Waals surface area contributed by atoms with E-state index < -0.39 is 32.5 Å². The maximum Gasteiger partial charge on any atom is 0.261 e. The first-order chi connectivity index (χ1) is 16.7. The Morgan fingerprint density at radius 2 is 1.47 bits per heavy atom. The molecule has 192 valence electrons. The van der Waals surface area contributed by atoms with Gasteiger partial charge >= 0.3 is 0 Å². The number of halogens is 3. The van der Waals surface area contributed by atoms with Crippen LogP contribution in [0, 0.1) is 13.8 Å². The Balaban J connectivity index is 1.76. The van der Waals surface area contributed by atoms with Crippen LogP contribution in [0.1, 0.15) is 11.1 Å². The number of hydrogen-bond donors (Lipinski definition) is 2. The molecule has 1 amide bonds. The maximum absolute atomic E-state index is 12.8. The van der Waals surface area contributed by atoms with E-state index in [0.29, 0.717) is 5.69 Å². The second-order valence-corrected chi connectivity index (χ2v) is 12.8. The lowest BCUT2D eigenvalue weighted by Gasteiger charge is -2.23. The molecule has 3 rings (SSSR count). The van der Waals surface area contributed by atoms with Crippen molar-refractivity contribution in [3.8, 4) is 0 Å². The standard InChI is InChI=1S/C23H22Cl3N3O5S2/c1-14-4-9-21(15(2)10-14)28-36(33,34)17-7-5-16(6-8-17)27-23(30)13-29(35(3,31)32)22-12-19(25)18(24)11-20(22)26/h4-12,28H,13H2,1-3H3,(H,27,30). The Kier molecular flexibility index (Phi) is 8.47. The van der Waals surface area contributed by atoms with Gasteiger partial charge in [0.1, 0.15) is 6.54 Å². The molecule has 0 unspecified atom stereocenters. The SMILES string of the molecule is Cc1ccc(NS(=O)(=O)c2ccc(NC(=O)CN(c3cc(Cl)c(Cl)cc3Cl)S(C)(=O)=O)cc2)c(C)c1. The van der Waals surface area contributed by atoms with Gasteiger partial charge in [0.15, 0.2) is 0 Å². The van der Waals surface area contributed by atoms with Gasteiger partial charge in [0, 0.05) is 5.69 Å². The summed E-state index contributed by atoms with van der Waals surface area (Å²) in [6, 6.07) is 13.3. The molecule has 3 aromatic carbocycles. The number of nitrogens with zero attached hydrogens (tertiary/aromatic N) is 1. The number of amides is 1. The van der Waals surface area contributed by atoms with Crippen molar-refractivity contribution in [2.75, 3.05) is 27.1 Å². The summed E-state index contributed by atoms with van der Waals surface area (Å²) in [4.78, 5) is 12.6. The molecule has 0 heterocycles. The van der Waals surface area contributed by atoms with Gasteiger partial charge < -0.3 is 5.32 Å². The van der Waals surface area contributed by atoms with Crippen LogP contribution in [0.2, 0.25) is 15.1 Å². The largest absolute Gasteiger partial charge is 0.325 e. The summed E-state index contributed by atoms with van der Waals surface area (Å²) in [7, 11) is -7.79. The molecule has 13 heteroatoms. The minimum atomic E-state index is -3.92. The summed E-state index contributed by atoms with van der Waals surface area (Å²) in [5.74, 6) is -0.688. The van der Waals surface area contributed by atoms with Crippen LogP contribution in [0.5, 0.6) is 0 Å². The van der Waals surface area contributed by atoms with E-state index in [0.717, 1.165) is 21.7 Å². The van der Waals surface area contributed by atoms with Crippen LogP contribution in [0.4, 0.5) is 17.1 Å². The van der Waals surface area contributed by atoms with E-state index in [-0.39, 0.29) is 31.3 Å². The van der Waals surface area contributed by atoms with Crippen LogP contribution in [-0.4, -0.2) is 35.5 Å². The molecule has 0 aliphatic heterocycles. The molecule has 2 N–H and O–H groups in total. The van der Waals surface area contributed by atoms with Crippen molar-refractivity contribution in [1.82, 2.24) is 0 Å². The van der Waals surface area contributed by atoms with Crippen molar-refractivity contribution < 1.29 is 21.6 Å². The molecule has 8 nitrogen and oxygen atoms in total. The highest BCUT2D eigenvalue weighted by Crippen LogP contribution is 2.35. The van der Waals surface area contributed by atoms with Gasteiger partial charge in [0.05, 0.1) is 37.6 Å². The van der Waals surface area contributed by atoms with Crippen molar-refractivity contribution in [3.63, 3.8) is 0 Å². The molecule has 0 aromatic heterocycles. The number of benzene rings is 3. The van der Waals surface area contributed by atoms with Crippen LogP contribution in [0.3, 0.4) is 0 Å². The zero-order chi connectivity index (χ0) is 26.8. The van der Waals surface area contributed by atoms with Gasteiger partial charge in [-0.25, -0.2) is 16.8 Å². The van der Waals surface area contributed by atoms with Gasteiger partial charge in [-0.15, -0.1) is 0 Å². The number of hydrogen-bond acceptors (Lipinski definition) is 5. The lowest BCUT2D eigenvalue weighted by atomic mass is 10.1. The molecule has 0 aliphatic rings. The molecule has 0 saturated heterocycles. The molecule has 0 saturated carbocycles. The van der Waals surface area contributed by atoms with E-state index in [1.54, 1.807) is 19.1 Å². The first kappa shape index (κ1) is 28.1. The average Bonchev–Trinajstić information content (AvgIpc) is 2.76. The topological polar surface area (TPSA) is 113 Å². The second kappa shape index (κ2) is 10.9. The molecule has 0 fully saturated rings. The number of nitrogens with one attached hydrogen (secondary N) is 2. The highest BCUT2D eigenvalue weighted by Gasteiger charge is 2.24. The van der Waals surface area contributed by atoms with Crippen molar-refractivity contribution in [3.05, 3.63) is 80.8 Å². The molecule has 3 aromatic rings. The lowest BCUT2D eigenvalue weighted by Crippen LogP contribution is -2.37. The Morgan fingerprint density at radius 1 is 0.861 bits per heavy atom. The first-order valence-corrected chi connectivity index (χ1v) is 14.8. The fraction of sp³-hybridized carbons (Fsp3) is 0.174. The molecule has 0 atom stereocenters. The molecule has 0 aliphatic carbocycles. The summed E-state index contributed by atoms with van der Waals surface area (Å²) in [6.45, 7) is 3.10. The van der Waals surface area contributed by atoms with E-state index >= 15 is 0 Å². The summed E-state index contributed by atoms with van der Waals surface area (Å²) in [6.07, 6.45) is 0.918. The third-order valence-corrected chi connectivity index (χ3v) is 8.55. The van der Waals surface area contributed by atoms with Gasteiger partial charge in [-0.05, 0) is 61.9 Å². The van der Waals surface area contributed by atoms with Crippen molar-refractivity contribution >= 4 is 77.8 Å². The van der Waals surface area contributed by atoms with Gasteiger partial charge in [0.25, 0.3) is 10.0 Å². The molecular weight excluding hydrogens is 569 g/mol. The predicted octanol–water partition coefficient (Wildman–Crippen LogP) is 5.47. The predicted molar refractivity (Wildman–Crippen MR) is 145 cm³/mol. The van der Waals surface area contributed by atoms with Gasteiger partial charge in [-0.3, -0.25) is 13.8 Å². The summed E-state index contributed by atoms with van der Waals surface area (Å²) < 4.78 is 53.6. The minimum absolute atomic E-state index is 0.00602. The summed E-state index contributed by atoms with van der Waals surface area (Å²) in [5, 5.41) is 2.73. The summed E-state index contributed by atoms with van der Waals surface area (Å²) in [5.41, 5.74) is 2.49. The van der Waals surface area contributed by atoms with Crippen molar-refractivity contribution in [1.29, 1.82) is 0 Å². The van der Waals surface area contributed by atoms with Gasteiger partial charge in [0.2, 0.25) is 15.9 Å². The van der Waals surface area contributed by atoms with Crippen LogP contribution >= 0.6 is 34.8 Å². The van der Waals surface area contributed by atoms with Crippen LogP contribution < -0.4 is 14.3 Å². The monoisotopic (exact) mass is 589 g/mol. The van der Waals surface area contributed by atoms with E-state index in [1.807, 2.05) is 13.0 Å². The Morgan fingerprint density at radius 3 is 2.06 bits per heavy atom. The number of anilines is 3. The third-order valence-electron chi connectivity index (χ3n) is 5.02. The van der Waals surface area contributed by atoms with E-state index in [4.69, 9.17) is 34.8 Å². The van der Waals surface area contributed by atoms with E-state index in [2.05, 4.69) is 10.0 Å². The van der Waals surface area contributed by atoms with Crippen molar-refractivity contribution in [2.24, 2.45) is 0 Å². The Bertz CT molecular complexity index is 1530. The number of sulfonamides is 2. The normalized spacial score (nSPS) is 11.7. The maximum atomic E-state index is 12.8. The van der Waals surface area contributed by atoms with Crippen LogP contribution in [-0.2, 0) is 24.8 Å². The van der Waals surface area contributed by atoms with Crippen molar-refractivity contribution in [2.45, 2.75) is 18.7 Å². The second-order valence-electron chi connectivity index (χ2n) is 7.98.